The molecule has 2 aromatic rings. The van der Waals surface area contributed by atoms with Crippen molar-refractivity contribution in [3.8, 4) is 0 Å². The monoisotopic (exact) mass is 312 g/mol. The van der Waals surface area contributed by atoms with Crippen LogP contribution in [0.15, 0.2) is 30.3 Å². The molecule has 0 spiro atoms. The normalized spacial score (nSPS) is 20.1. The molecule has 2 unspecified atom stereocenters. The Morgan fingerprint density at radius 1 is 1.26 bits per heavy atom. The molecule has 1 aliphatic rings. The molecule has 3 rings (SSSR count). The van der Waals surface area contributed by atoms with Crippen LogP contribution >= 0.6 is 34.5 Å². The molecule has 0 saturated carbocycles. The summed E-state index contributed by atoms with van der Waals surface area (Å²) < 4.78 is 1.23. The van der Waals surface area contributed by atoms with Crippen molar-refractivity contribution in [2.45, 2.75) is 31.3 Å². The summed E-state index contributed by atoms with van der Waals surface area (Å²) in [5.74, 6) is 0.119. The summed E-state index contributed by atoms with van der Waals surface area (Å²) in [6.45, 7) is 0. The lowest BCUT2D eigenvalue weighted by atomic mass is 9.78. The maximum Gasteiger partial charge on any atom is 0.100 e. The summed E-state index contributed by atoms with van der Waals surface area (Å²) in [7, 11) is 0. The SMILES string of the molecule is OC(c1cc(Cl)sc1Cl)C1CCCc2ccccc21. The first-order valence-electron chi connectivity index (χ1n) is 6.37. The van der Waals surface area contributed by atoms with Crippen molar-refractivity contribution in [1.29, 1.82) is 0 Å². The zero-order valence-corrected chi connectivity index (χ0v) is 12.6. The fourth-order valence-electron chi connectivity index (χ4n) is 2.89. The van der Waals surface area contributed by atoms with Crippen molar-refractivity contribution in [3.63, 3.8) is 0 Å². The molecule has 1 aliphatic carbocycles. The predicted octanol–water partition coefficient (Wildman–Crippen LogP) is 5.21. The smallest absolute Gasteiger partial charge is 0.100 e. The number of rotatable bonds is 2. The minimum atomic E-state index is -0.572. The van der Waals surface area contributed by atoms with Gasteiger partial charge in [-0.2, -0.15) is 0 Å². The molecule has 1 aromatic carbocycles. The average molecular weight is 313 g/mol. The number of halogens is 2. The van der Waals surface area contributed by atoms with Crippen LogP contribution in [0.4, 0.5) is 0 Å². The highest BCUT2D eigenvalue weighted by molar-refractivity contribution is 7.20. The van der Waals surface area contributed by atoms with Crippen LogP contribution in [0.25, 0.3) is 0 Å². The van der Waals surface area contributed by atoms with Gasteiger partial charge in [-0.3, -0.25) is 0 Å². The van der Waals surface area contributed by atoms with Crippen molar-refractivity contribution >= 4 is 34.5 Å². The molecule has 0 amide bonds. The van der Waals surface area contributed by atoms with E-state index >= 15 is 0 Å². The molecule has 0 fully saturated rings. The van der Waals surface area contributed by atoms with E-state index in [0.717, 1.165) is 24.8 Å². The number of hydrogen-bond acceptors (Lipinski definition) is 2. The molecule has 100 valence electrons. The molecule has 19 heavy (non-hydrogen) atoms. The number of thiophene rings is 1. The maximum atomic E-state index is 10.6. The first-order valence-corrected chi connectivity index (χ1v) is 7.94. The van der Waals surface area contributed by atoms with E-state index in [0.29, 0.717) is 8.67 Å². The lowest BCUT2D eigenvalue weighted by Crippen LogP contribution is -2.16. The van der Waals surface area contributed by atoms with Crippen LogP contribution in [-0.4, -0.2) is 5.11 Å². The summed E-state index contributed by atoms with van der Waals surface area (Å²) in [5.41, 5.74) is 3.35. The van der Waals surface area contributed by atoms with E-state index in [4.69, 9.17) is 23.2 Å². The van der Waals surface area contributed by atoms with E-state index in [1.54, 1.807) is 6.07 Å². The van der Waals surface area contributed by atoms with E-state index < -0.39 is 6.10 Å². The van der Waals surface area contributed by atoms with Crippen molar-refractivity contribution in [3.05, 3.63) is 55.7 Å². The summed E-state index contributed by atoms with van der Waals surface area (Å²) >= 11 is 13.4. The van der Waals surface area contributed by atoms with E-state index in [1.807, 2.05) is 6.07 Å². The molecule has 4 heteroatoms. The molecule has 0 radical (unpaired) electrons. The van der Waals surface area contributed by atoms with Crippen LogP contribution in [-0.2, 0) is 6.42 Å². The lowest BCUT2D eigenvalue weighted by Gasteiger charge is -2.29. The Kier molecular flexibility index (Phi) is 3.86. The predicted molar refractivity (Wildman–Crippen MR) is 81.4 cm³/mol. The Bertz CT molecular complexity index is 594. The molecule has 2 atom stereocenters. The van der Waals surface area contributed by atoms with E-state index in [1.165, 1.54) is 22.5 Å². The van der Waals surface area contributed by atoms with Gasteiger partial charge in [-0.1, -0.05) is 47.5 Å². The van der Waals surface area contributed by atoms with Crippen LogP contribution in [0.1, 0.15) is 41.6 Å². The number of hydrogen-bond donors (Lipinski definition) is 1. The van der Waals surface area contributed by atoms with Gasteiger partial charge >= 0.3 is 0 Å². The fraction of sp³-hybridized carbons (Fsp3) is 0.333. The summed E-state index contributed by atoms with van der Waals surface area (Å²) in [4.78, 5) is 0. The number of aliphatic hydroxyl groups is 1. The van der Waals surface area contributed by atoms with Crippen LogP contribution in [0, 0.1) is 0 Å². The van der Waals surface area contributed by atoms with Gasteiger partial charge in [-0.05, 0) is 36.5 Å². The quantitative estimate of drug-likeness (QED) is 0.807. The molecule has 1 heterocycles. The minimum Gasteiger partial charge on any atom is -0.388 e. The van der Waals surface area contributed by atoms with Gasteiger partial charge in [-0.15, -0.1) is 11.3 Å². The molecular weight excluding hydrogens is 299 g/mol. The third kappa shape index (κ3) is 2.55. The number of aryl methyl sites for hydroxylation is 1. The van der Waals surface area contributed by atoms with Crippen LogP contribution in [0.2, 0.25) is 8.67 Å². The third-order valence-electron chi connectivity index (χ3n) is 3.80. The molecule has 1 nitrogen and oxygen atoms in total. The van der Waals surface area contributed by atoms with Gasteiger partial charge in [0.1, 0.15) is 4.34 Å². The Balaban J connectivity index is 1.97. The first kappa shape index (κ1) is 13.4. The molecular formula is C15H14Cl2OS. The van der Waals surface area contributed by atoms with Gasteiger partial charge in [0.25, 0.3) is 0 Å². The Hall–Kier alpha value is -0.540. The highest BCUT2D eigenvalue weighted by Gasteiger charge is 2.29. The van der Waals surface area contributed by atoms with E-state index in [-0.39, 0.29) is 5.92 Å². The molecule has 1 aromatic heterocycles. The second kappa shape index (κ2) is 5.45. The molecule has 0 bridgehead atoms. The van der Waals surface area contributed by atoms with Gasteiger partial charge in [0.05, 0.1) is 10.4 Å². The van der Waals surface area contributed by atoms with Gasteiger partial charge in [0.15, 0.2) is 0 Å². The molecule has 0 aliphatic heterocycles. The Morgan fingerprint density at radius 2 is 2.05 bits per heavy atom. The van der Waals surface area contributed by atoms with E-state index in [2.05, 4.69) is 18.2 Å². The Labute approximate surface area is 126 Å². The van der Waals surface area contributed by atoms with Crippen LogP contribution in [0.3, 0.4) is 0 Å². The summed E-state index contributed by atoms with van der Waals surface area (Å²) in [6, 6.07) is 10.1. The van der Waals surface area contributed by atoms with Gasteiger partial charge in [0.2, 0.25) is 0 Å². The second-order valence-corrected chi connectivity index (χ2v) is 7.21. The van der Waals surface area contributed by atoms with E-state index in [9.17, 15) is 5.11 Å². The fourth-order valence-corrected chi connectivity index (χ4v) is 4.43. The Morgan fingerprint density at radius 3 is 2.79 bits per heavy atom. The van der Waals surface area contributed by atoms with Gasteiger partial charge in [0, 0.05) is 11.5 Å². The highest BCUT2D eigenvalue weighted by atomic mass is 35.5. The number of fused-ring (bicyclic) bond motifs is 1. The third-order valence-corrected chi connectivity index (χ3v) is 5.32. The summed E-state index contributed by atoms with van der Waals surface area (Å²) in [5, 5.41) is 10.6. The number of benzene rings is 1. The maximum absolute atomic E-state index is 10.6. The van der Waals surface area contributed by atoms with Crippen LogP contribution in [0.5, 0.6) is 0 Å². The minimum absolute atomic E-state index is 0.119. The van der Waals surface area contributed by atoms with Gasteiger partial charge in [-0.25, -0.2) is 0 Å². The van der Waals surface area contributed by atoms with Crippen LogP contribution < -0.4 is 0 Å². The summed E-state index contributed by atoms with van der Waals surface area (Å²) in [6.07, 6.45) is 2.62. The largest absolute Gasteiger partial charge is 0.388 e. The van der Waals surface area contributed by atoms with Gasteiger partial charge < -0.3 is 5.11 Å². The highest BCUT2D eigenvalue weighted by Crippen LogP contribution is 2.44. The van der Waals surface area contributed by atoms with Crippen molar-refractivity contribution in [2.75, 3.05) is 0 Å². The molecule has 1 N–H and O–H groups in total. The average Bonchev–Trinajstić information content (AvgIpc) is 2.76. The second-order valence-electron chi connectivity index (χ2n) is 4.92. The van der Waals surface area contributed by atoms with Crippen molar-refractivity contribution < 1.29 is 5.11 Å². The zero-order valence-electron chi connectivity index (χ0n) is 10.3. The first-order chi connectivity index (χ1) is 9.16. The number of aliphatic hydroxyl groups excluding tert-OH is 1. The molecule has 0 saturated heterocycles. The zero-order chi connectivity index (χ0) is 13.4. The lowest BCUT2D eigenvalue weighted by molar-refractivity contribution is 0.136. The standard InChI is InChI=1S/C15H14Cl2OS/c16-13-8-12(15(17)19-13)14(18)11-7-3-5-9-4-1-2-6-10(9)11/h1-2,4,6,8,11,14,18H,3,5,7H2. The topological polar surface area (TPSA) is 20.2 Å². The van der Waals surface area contributed by atoms with Crippen molar-refractivity contribution in [1.82, 2.24) is 0 Å². The van der Waals surface area contributed by atoms with Crippen molar-refractivity contribution in [2.24, 2.45) is 0 Å².